The number of benzene rings is 1. The first-order chi connectivity index (χ1) is 8.29. The van der Waals surface area contributed by atoms with Gasteiger partial charge in [-0.15, -0.1) is 0 Å². The molecule has 0 bridgehead atoms. The Bertz CT molecular complexity index is 402. The molecule has 1 amide bonds. The van der Waals surface area contributed by atoms with Gasteiger partial charge in [0.05, 0.1) is 0 Å². The minimum absolute atomic E-state index is 0.130. The van der Waals surface area contributed by atoms with Crippen molar-refractivity contribution < 1.29 is 4.79 Å². The molecule has 1 atom stereocenters. The molecule has 1 aliphatic rings. The molecule has 1 fully saturated rings. The van der Waals surface area contributed by atoms with Gasteiger partial charge in [-0.05, 0) is 24.3 Å². The Morgan fingerprint density at radius 2 is 2.18 bits per heavy atom. The third-order valence-corrected chi connectivity index (χ3v) is 4.06. The number of nitrogens with zero attached hydrogens (tertiary/aromatic N) is 1. The Morgan fingerprint density at radius 3 is 2.82 bits per heavy atom. The number of carbonyl (C=O) groups is 1. The zero-order chi connectivity index (χ0) is 12.1. The van der Waals surface area contributed by atoms with E-state index in [1.165, 1.54) is 0 Å². The standard InChI is InChI=1S/C14H17NOS/c1-17-13-9-10-15(11-13)14(16)8-7-12-5-3-2-4-6-12/h2-8,13H,9-11H2,1H3. The van der Waals surface area contributed by atoms with E-state index in [0.717, 1.165) is 25.1 Å². The van der Waals surface area contributed by atoms with Crippen LogP contribution in [-0.2, 0) is 4.79 Å². The quantitative estimate of drug-likeness (QED) is 0.765. The van der Waals surface area contributed by atoms with Crippen LogP contribution >= 0.6 is 11.8 Å². The minimum atomic E-state index is 0.130. The fraction of sp³-hybridized carbons (Fsp3) is 0.357. The molecule has 0 spiro atoms. The highest BCUT2D eigenvalue weighted by molar-refractivity contribution is 7.99. The van der Waals surface area contributed by atoms with E-state index in [-0.39, 0.29) is 5.91 Å². The lowest BCUT2D eigenvalue weighted by Gasteiger charge is -2.13. The lowest BCUT2D eigenvalue weighted by molar-refractivity contribution is -0.124. The zero-order valence-electron chi connectivity index (χ0n) is 10.0. The van der Waals surface area contributed by atoms with E-state index < -0.39 is 0 Å². The van der Waals surface area contributed by atoms with Crippen molar-refractivity contribution >= 4 is 23.7 Å². The molecule has 1 unspecified atom stereocenters. The number of amides is 1. The second-order valence-electron chi connectivity index (χ2n) is 4.17. The summed E-state index contributed by atoms with van der Waals surface area (Å²) in [6.45, 7) is 1.78. The van der Waals surface area contributed by atoms with E-state index in [9.17, 15) is 4.79 Å². The highest BCUT2D eigenvalue weighted by atomic mass is 32.2. The molecule has 2 nitrogen and oxygen atoms in total. The maximum atomic E-state index is 11.9. The van der Waals surface area contributed by atoms with Gasteiger partial charge in [0.2, 0.25) is 5.91 Å². The predicted octanol–water partition coefficient (Wildman–Crippen LogP) is 2.66. The van der Waals surface area contributed by atoms with Crippen molar-refractivity contribution in [2.75, 3.05) is 19.3 Å². The van der Waals surface area contributed by atoms with E-state index in [2.05, 4.69) is 6.26 Å². The van der Waals surface area contributed by atoms with Crippen LogP contribution in [0, 0.1) is 0 Å². The molecule has 0 saturated carbocycles. The van der Waals surface area contributed by atoms with E-state index in [1.807, 2.05) is 53.1 Å². The molecule has 0 N–H and O–H groups in total. The summed E-state index contributed by atoms with van der Waals surface area (Å²) >= 11 is 1.85. The molecule has 17 heavy (non-hydrogen) atoms. The Labute approximate surface area is 107 Å². The molecule has 1 aromatic rings. The summed E-state index contributed by atoms with van der Waals surface area (Å²) in [4.78, 5) is 13.8. The topological polar surface area (TPSA) is 20.3 Å². The normalized spacial score (nSPS) is 20.1. The molecule has 1 aliphatic heterocycles. The Balaban J connectivity index is 1.92. The molecular formula is C14H17NOS. The number of hydrogen-bond acceptors (Lipinski definition) is 2. The highest BCUT2D eigenvalue weighted by Crippen LogP contribution is 2.20. The smallest absolute Gasteiger partial charge is 0.246 e. The van der Waals surface area contributed by atoms with Crippen molar-refractivity contribution in [2.45, 2.75) is 11.7 Å². The maximum absolute atomic E-state index is 11.9. The first-order valence-corrected chi connectivity index (χ1v) is 7.13. The minimum Gasteiger partial charge on any atom is -0.338 e. The summed E-state index contributed by atoms with van der Waals surface area (Å²) in [6, 6.07) is 9.92. The van der Waals surface area contributed by atoms with Gasteiger partial charge in [-0.2, -0.15) is 11.8 Å². The second-order valence-corrected chi connectivity index (χ2v) is 5.31. The Kier molecular flexibility index (Phi) is 4.26. The Hall–Kier alpha value is -1.22. The third kappa shape index (κ3) is 3.37. The van der Waals surface area contributed by atoms with Gasteiger partial charge in [-0.1, -0.05) is 30.3 Å². The largest absolute Gasteiger partial charge is 0.338 e. The average molecular weight is 247 g/mol. The van der Waals surface area contributed by atoms with Crippen molar-refractivity contribution in [3.05, 3.63) is 42.0 Å². The van der Waals surface area contributed by atoms with E-state index in [0.29, 0.717) is 5.25 Å². The highest BCUT2D eigenvalue weighted by Gasteiger charge is 2.23. The van der Waals surface area contributed by atoms with Crippen molar-refractivity contribution in [3.8, 4) is 0 Å². The number of hydrogen-bond donors (Lipinski definition) is 0. The SMILES string of the molecule is CSC1CCN(C(=O)C=Cc2ccccc2)C1. The van der Waals surface area contributed by atoms with E-state index in [4.69, 9.17) is 0 Å². The summed E-state index contributed by atoms with van der Waals surface area (Å²) in [5.41, 5.74) is 1.07. The first-order valence-electron chi connectivity index (χ1n) is 5.84. The molecule has 3 heteroatoms. The van der Waals surface area contributed by atoms with Gasteiger partial charge in [0.15, 0.2) is 0 Å². The monoisotopic (exact) mass is 247 g/mol. The van der Waals surface area contributed by atoms with Crippen LogP contribution in [0.15, 0.2) is 36.4 Å². The van der Waals surface area contributed by atoms with E-state index in [1.54, 1.807) is 6.08 Å². The zero-order valence-corrected chi connectivity index (χ0v) is 10.8. The third-order valence-electron chi connectivity index (χ3n) is 3.01. The number of rotatable bonds is 3. The molecule has 1 aromatic carbocycles. The Morgan fingerprint density at radius 1 is 1.41 bits per heavy atom. The second kappa shape index (κ2) is 5.92. The molecule has 1 heterocycles. The fourth-order valence-corrected chi connectivity index (χ4v) is 2.63. The van der Waals surface area contributed by atoms with Crippen LogP contribution in [0.25, 0.3) is 6.08 Å². The van der Waals surface area contributed by atoms with Crippen LogP contribution in [0.3, 0.4) is 0 Å². The predicted molar refractivity (Wildman–Crippen MR) is 74.0 cm³/mol. The molecule has 0 radical (unpaired) electrons. The molecule has 0 aromatic heterocycles. The van der Waals surface area contributed by atoms with Gasteiger partial charge in [0.1, 0.15) is 0 Å². The van der Waals surface area contributed by atoms with E-state index >= 15 is 0 Å². The van der Waals surface area contributed by atoms with Crippen molar-refractivity contribution in [1.82, 2.24) is 4.90 Å². The summed E-state index contributed by atoms with van der Waals surface area (Å²) in [5.74, 6) is 0.130. The number of thioether (sulfide) groups is 1. The van der Waals surface area contributed by atoms with Gasteiger partial charge >= 0.3 is 0 Å². The number of carbonyl (C=O) groups excluding carboxylic acids is 1. The van der Waals surface area contributed by atoms with Crippen LogP contribution in [0.1, 0.15) is 12.0 Å². The average Bonchev–Trinajstić information content (AvgIpc) is 2.86. The van der Waals surface area contributed by atoms with Crippen LogP contribution in [0.4, 0.5) is 0 Å². The van der Waals surface area contributed by atoms with Crippen LogP contribution in [0.2, 0.25) is 0 Å². The van der Waals surface area contributed by atoms with Gasteiger partial charge in [-0.25, -0.2) is 0 Å². The molecule has 90 valence electrons. The summed E-state index contributed by atoms with van der Waals surface area (Å²) in [5, 5.41) is 0.615. The van der Waals surface area contributed by atoms with Crippen LogP contribution in [0.5, 0.6) is 0 Å². The van der Waals surface area contributed by atoms with Crippen molar-refractivity contribution in [2.24, 2.45) is 0 Å². The lowest BCUT2D eigenvalue weighted by atomic mass is 10.2. The van der Waals surface area contributed by atoms with Gasteiger partial charge < -0.3 is 4.90 Å². The number of likely N-dealkylation sites (tertiary alicyclic amines) is 1. The van der Waals surface area contributed by atoms with Gasteiger partial charge in [0, 0.05) is 24.4 Å². The molecule has 1 saturated heterocycles. The molecular weight excluding hydrogens is 230 g/mol. The summed E-state index contributed by atoms with van der Waals surface area (Å²) in [7, 11) is 0. The fourth-order valence-electron chi connectivity index (χ4n) is 1.96. The lowest BCUT2D eigenvalue weighted by Crippen LogP contribution is -2.27. The summed E-state index contributed by atoms with van der Waals surface area (Å²) in [6.07, 6.45) is 6.79. The van der Waals surface area contributed by atoms with Crippen molar-refractivity contribution in [3.63, 3.8) is 0 Å². The van der Waals surface area contributed by atoms with Crippen LogP contribution < -0.4 is 0 Å². The van der Waals surface area contributed by atoms with Gasteiger partial charge in [0.25, 0.3) is 0 Å². The van der Waals surface area contributed by atoms with Crippen LogP contribution in [-0.4, -0.2) is 35.4 Å². The van der Waals surface area contributed by atoms with Gasteiger partial charge in [-0.3, -0.25) is 4.79 Å². The maximum Gasteiger partial charge on any atom is 0.246 e. The van der Waals surface area contributed by atoms with Crippen molar-refractivity contribution in [1.29, 1.82) is 0 Å². The summed E-state index contributed by atoms with van der Waals surface area (Å²) < 4.78 is 0. The molecule has 2 rings (SSSR count). The first kappa shape index (κ1) is 12.2. The molecule has 0 aliphatic carbocycles.